The van der Waals surface area contributed by atoms with Gasteiger partial charge in [0.05, 0.1) is 4.90 Å². The van der Waals surface area contributed by atoms with Crippen molar-refractivity contribution in [3.05, 3.63) is 53.6 Å². The summed E-state index contributed by atoms with van der Waals surface area (Å²) in [5.74, 6) is 0.681. The van der Waals surface area contributed by atoms with Crippen LogP contribution in [0.1, 0.15) is 37.3 Å². The first-order valence-electron chi connectivity index (χ1n) is 8.30. The first kappa shape index (κ1) is 19.9. The SMILES string of the molecule is CCC(C)c1ccc(OCC(=O)Nc2ccc(S(=O)(=O)[O-])c(C)c2)cc1. The van der Waals surface area contributed by atoms with Gasteiger partial charge in [-0.05, 0) is 60.7 Å². The monoisotopic (exact) mass is 376 g/mol. The Hall–Kier alpha value is -2.38. The molecule has 2 aromatic rings. The van der Waals surface area contributed by atoms with Crippen LogP contribution in [0, 0.1) is 6.92 Å². The molecule has 1 unspecified atom stereocenters. The molecular weight excluding hydrogens is 354 g/mol. The fraction of sp³-hybridized carbons (Fsp3) is 0.316. The lowest BCUT2D eigenvalue weighted by molar-refractivity contribution is -0.118. The van der Waals surface area contributed by atoms with E-state index in [0.29, 0.717) is 17.4 Å². The summed E-state index contributed by atoms with van der Waals surface area (Å²) in [7, 11) is -4.52. The molecule has 1 atom stereocenters. The number of ether oxygens (including phenoxy) is 1. The Labute approximate surface area is 153 Å². The highest BCUT2D eigenvalue weighted by Gasteiger charge is 2.09. The van der Waals surface area contributed by atoms with Crippen LogP contribution in [0.15, 0.2) is 47.4 Å². The Balaban J connectivity index is 1.94. The molecule has 2 rings (SSSR count). The van der Waals surface area contributed by atoms with E-state index in [1.165, 1.54) is 30.7 Å². The molecule has 0 aliphatic carbocycles. The number of aryl methyl sites for hydroxylation is 1. The predicted octanol–water partition coefficient (Wildman–Crippen LogP) is 3.43. The van der Waals surface area contributed by atoms with Crippen molar-refractivity contribution >= 4 is 21.7 Å². The number of hydrogen-bond acceptors (Lipinski definition) is 5. The van der Waals surface area contributed by atoms with Crippen LogP contribution in [0.3, 0.4) is 0 Å². The number of anilines is 1. The Morgan fingerprint density at radius 3 is 2.38 bits per heavy atom. The first-order chi connectivity index (χ1) is 12.2. The second-order valence-electron chi connectivity index (χ2n) is 6.15. The molecule has 7 heteroatoms. The summed E-state index contributed by atoms with van der Waals surface area (Å²) in [5, 5.41) is 2.61. The number of hydrogen-bond donors (Lipinski definition) is 1. The summed E-state index contributed by atoms with van der Waals surface area (Å²) in [6, 6.07) is 11.6. The van der Waals surface area contributed by atoms with Gasteiger partial charge in [0.15, 0.2) is 6.61 Å². The molecule has 140 valence electrons. The Kier molecular flexibility index (Phi) is 6.39. The molecule has 1 amide bonds. The van der Waals surface area contributed by atoms with Crippen LogP contribution in [0.25, 0.3) is 0 Å². The molecule has 0 fully saturated rings. The second kappa shape index (κ2) is 8.33. The zero-order valence-corrected chi connectivity index (χ0v) is 15.8. The summed E-state index contributed by atoms with van der Waals surface area (Å²) in [6.45, 7) is 5.59. The zero-order valence-electron chi connectivity index (χ0n) is 15.0. The van der Waals surface area contributed by atoms with Crippen LogP contribution >= 0.6 is 0 Å². The summed E-state index contributed by atoms with van der Waals surface area (Å²) in [4.78, 5) is 11.7. The van der Waals surface area contributed by atoms with E-state index in [2.05, 4.69) is 19.2 Å². The minimum atomic E-state index is -4.52. The van der Waals surface area contributed by atoms with Crippen LogP contribution < -0.4 is 10.1 Å². The van der Waals surface area contributed by atoms with Gasteiger partial charge < -0.3 is 14.6 Å². The molecule has 0 heterocycles. The van der Waals surface area contributed by atoms with Gasteiger partial charge in [0.2, 0.25) is 0 Å². The molecule has 6 nitrogen and oxygen atoms in total. The van der Waals surface area contributed by atoms with Crippen molar-refractivity contribution < 1.29 is 22.5 Å². The van der Waals surface area contributed by atoms with Crippen molar-refractivity contribution in [1.29, 1.82) is 0 Å². The van der Waals surface area contributed by atoms with Crippen molar-refractivity contribution in [1.82, 2.24) is 0 Å². The zero-order chi connectivity index (χ0) is 19.3. The summed E-state index contributed by atoms with van der Waals surface area (Å²) >= 11 is 0. The third-order valence-corrected chi connectivity index (χ3v) is 5.16. The molecule has 26 heavy (non-hydrogen) atoms. The van der Waals surface area contributed by atoms with Gasteiger partial charge in [-0.15, -0.1) is 0 Å². The minimum absolute atomic E-state index is 0.177. The summed E-state index contributed by atoms with van der Waals surface area (Å²) in [6.07, 6.45) is 1.05. The fourth-order valence-corrected chi connectivity index (χ4v) is 3.17. The molecule has 0 spiro atoms. The molecule has 0 radical (unpaired) electrons. The lowest BCUT2D eigenvalue weighted by atomic mass is 9.99. The van der Waals surface area contributed by atoms with Gasteiger partial charge in [0.25, 0.3) is 5.91 Å². The molecule has 0 aliphatic heterocycles. The molecule has 0 saturated heterocycles. The number of rotatable bonds is 7. The largest absolute Gasteiger partial charge is 0.744 e. The van der Waals surface area contributed by atoms with Crippen LogP contribution in [-0.4, -0.2) is 25.5 Å². The average Bonchev–Trinajstić information content (AvgIpc) is 2.58. The highest BCUT2D eigenvalue weighted by molar-refractivity contribution is 7.85. The van der Waals surface area contributed by atoms with E-state index < -0.39 is 10.1 Å². The smallest absolute Gasteiger partial charge is 0.262 e. The van der Waals surface area contributed by atoms with Gasteiger partial charge in [-0.2, -0.15) is 0 Å². The third kappa shape index (κ3) is 5.31. The van der Waals surface area contributed by atoms with E-state index in [1.54, 1.807) is 0 Å². The van der Waals surface area contributed by atoms with E-state index in [1.807, 2.05) is 24.3 Å². The lowest BCUT2D eigenvalue weighted by Crippen LogP contribution is -2.20. The van der Waals surface area contributed by atoms with E-state index in [0.717, 1.165) is 6.42 Å². The van der Waals surface area contributed by atoms with Crippen LogP contribution in [-0.2, 0) is 14.9 Å². The van der Waals surface area contributed by atoms with E-state index in [9.17, 15) is 17.8 Å². The topological polar surface area (TPSA) is 95.5 Å². The predicted molar refractivity (Wildman–Crippen MR) is 98.4 cm³/mol. The number of nitrogens with one attached hydrogen (secondary N) is 1. The van der Waals surface area contributed by atoms with Gasteiger partial charge in [-0.1, -0.05) is 26.0 Å². The maximum atomic E-state index is 12.0. The second-order valence-corrected chi connectivity index (χ2v) is 7.50. The van der Waals surface area contributed by atoms with E-state index >= 15 is 0 Å². The van der Waals surface area contributed by atoms with Crippen molar-refractivity contribution in [2.75, 3.05) is 11.9 Å². The van der Waals surface area contributed by atoms with Crippen molar-refractivity contribution in [2.45, 2.75) is 38.0 Å². The van der Waals surface area contributed by atoms with Gasteiger partial charge in [0.1, 0.15) is 15.9 Å². The van der Waals surface area contributed by atoms with Gasteiger partial charge in [-0.3, -0.25) is 4.79 Å². The molecule has 2 aromatic carbocycles. The quantitative estimate of drug-likeness (QED) is 0.747. The lowest BCUT2D eigenvalue weighted by Gasteiger charge is -2.13. The maximum Gasteiger partial charge on any atom is 0.262 e. The summed E-state index contributed by atoms with van der Waals surface area (Å²) in [5.41, 5.74) is 1.89. The molecular formula is C19H22NO5S-. The van der Waals surface area contributed by atoms with Crippen LogP contribution in [0.2, 0.25) is 0 Å². The van der Waals surface area contributed by atoms with Gasteiger partial charge in [0, 0.05) is 5.69 Å². The van der Waals surface area contributed by atoms with Crippen LogP contribution in [0.5, 0.6) is 5.75 Å². The highest BCUT2D eigenvalue weighted by atomic mass is 32.2. The van der Waals surface area contributed by atoms with Gasteiger partial charge >= 0.3 is 0 Å². The number of benzene rings is 2. The summed E-state index contributed by atoms with van der Waals surface area (Å²) < 4.78 is 38.7. The minimum Gasteiger partial charge on any atom is -0.744 e. The Bertz CT molecular complexity index is 875. The normalized spacial score (nSPS) is 12.5. The average molecular weight is 376 g/mol. The highest BCUT2D eigenvalue weighted by Crippen LogP contribution is 2.22. The van der Waals surface area contributed by atoms with Crippen molar-refractivity contribution in [3.63, 3.8) is 0 Å². The molecule has 1 N–H and O–H groups in total. The molecule has 0 aliphatic rings. The van der Waals surface area contributed by atoms with Crippen molar-refractivity contribution in [2.24, 2.45) is 0 Å². The van der Waals surface area contributed by atoms with Gasteiger partial charge in [-0.25, -0.2) is 8.42 Å². The van der Waals surface area contributed by atoms with Crippen molar-refractivity contribution in [3.8, 4) is 5.75 Å². The standard InChI is InChI=1S/C19H23NO5S/c1-4-13(2)15-5-8-17(9-6-15)25-12-19(21)20-16-7-10-18(14(3)11-16)26(22,23)24/h5-11,13H,4,12H2,1-3H3,(H,20,21)(H,22,23,24)/p-1. The molecule has 0 bridgehead atoms. The molecule has 0 saturated carbocycles. The number of amides is 1. The maximum absolute atomic E-state index is 12.0. The molecule has 0 aromatic heterocycles. The fourth-order valence-electron chi connectivity index (χ4n) is 2.48. The Morgan fingerprint density at radius 2 is 1.85 bits per heavy atom. The number of carbonyl (C=O) groups is 1. The van der Waals surface area contributed by atoms with Crippen LogP contribution in [0.4, 0.5) is 5.69 Å². The van der Waals surface area contributed by atoms with E-state index in [4.69, 9.17) is 4.74 Å². The first-order valence-corrected chi connectivity index (χ1v) is 9.70. The number of carbonyl (C=O) groups excluding carboxylic acids is 1. The Morgan fingerprint density at radius 1 is 1.19 bits per heavy atom. The van der Waals surface area contributed by atoms with E-state index in [-0.39, 0.29) is 23.0 Å². The third-order valence-electron chi connectivity index (χ3n) is 4.16.